The van der Waals surface area contributed by atoms with E-state index in [0.717, 1.165) is 11.3 Å². The van der Waals surface area contributed by atoms with Gasteiger partial charge in [-0.05, 0) is 24.5 Å². The zero-order valence-corrected chi connectivity index (χ0v) is 13.3. The maximum atomic E-state index is 12.3. The van der Waals surface area contributed by atoms with Gasteiger partial charge in [0.25, 0.3) is 0 Å². The van der Waals surface area contributed by atoms with Gasteiger partial charge in [-0.15, -0.1) is 0 Å². The zero-order valence-electron chi connectivity index (χ0n) is 13.3. The van der Waals surface area contributed by atoms with Crippen LogP contribution in [-0.2, 0) is 11.3 Å². The molecule has 0 bridgehead atoms. The smallest absolute Gasteiger partial charge is 0.317 e. The highest BCUT2D eigenvalue weighted by molar-refractivity contribution is 5.75. The van der Waals surface area contributed by atoms with Gasteiger partial charge in [-0.25, -0.2) is 9.78 Å². The van der Waals surface area contributed by atoms with Crippen molar-refractivity contribution in [2.24, 2.45) is 5.92 Å². The number of amides is 2. The van der Waals surface area contributed by atoms with Crippen molar-refractivity contribution in [2.45, 2.75) is 19.4 Å². The number of aromatic nitrogens is 2. The monoisotopic (exact) mass is 328 g/mol. The SMILES string of the molecule is O=C(O)C1CCN(C(=O)NCc2ccccc2-n2ccnc2)CC1. The van der Waals surface area contributed by atoms with E-state index in [1.807, 2.05) is 35.0 Å². The second kappa shape index (κ2) is 7.16. The van der Waals surface area contributed by atoms with E-state index in [1.54, 1.807) is 17.4 Å². The molecule has 3 rings (SSSR count). The van der Waals surface area contributed by atoms with Gasteiger partial charge in [0, 0.05) is 32.0 Å². The number of carboxylic acids is 1. The van der Waals surface area contributed by atoms with Crippen LogP contribution < -0.4 is 5.32 Å². The summed E-state index contributed by atoms with van der Waals surface area (Å²) in [5, 5.41) is 11.9. The fraction of sp³-hybridized carbons (Fsp3) is 0.353. The number of para-hydroxylation sites is 1. The lowest BCUT2D eigenvalue weighted by Crippen LogP contribution is -2.45. The van der Waals surface area contributed by atoms with Crippen LogP contribution in [0.15, 0.2) is 43.0 Å². The number of benzene rings is 1. The number of rotatable bonds is 4. The third-order valence-corrected chi connectivity index (χ3v) is 4.34. The molecule has 1 fully saturated rings. The number of nitrogens with one attached hydrogen (secondary N) is 1. The van der Waals surface area contributed by atoms with Gasteiger partial charge in [0.2, 0.25) is 0 Å². The van der Waals surface area contributed by atoms with Crippen LogP contribution in [0.2, 0.25) is 0 Å². The Balaban J connectivity index is 1.59. The normalized spacial score (nSPS) is 15.2. The second-order valence-electron chi connectivity index (χ2n) is 5.86. The number of nitrogens with zero attached hydrogens (tertiary/aromatic N) is 3. The number of carboxylic acid groups (broad SMARTS) is 1. The van der Waals surface area contributed by atoms with E-state index in [9.17, 15) is 9.59 Å². The van der Waals surface area contributed by atoms with E-state index in [0.29, 0.717) is 32.5 Å². The summed E-state index contributed by atoms with van der Waals surface area (Å²) in [5.74, 6) is -1.11. The minimum absolute atomic E-state index is 0.153. The lowest BCUT2D eigenvalue weighted by atomic mass is 9.97. The van der Waals surface area contributed by atoms with Crippen LogP contribution in [-0.4, -0.2) is 44.6 Å². The van der Waals surface area contributed by atoms with E-state index in [2.05, 4.69) is 10.3 Å². The van der Waals surface area contributed by atoms with Crippen molar-refractivity contribution in [3.05, 3.63) is 48.5 Å². The Morgan fingerprint density at radius 1 is 1.25 bits per heavy atom. The quantitative estimate of drug-likeness (QED) is 0.897. The second-order valence-corrected chi connectivity index (χ2v) is 5.86. The average molecular weight is 328 g/mol. The molecule has 2 aromatic rings. The fourth-order valence-electron chi connectivity index (χ4n) is 2.93. The molecule has 1 aromatic carbocycles. The zero-order chi connectivity index (χ0) is 16.9. The molecule has 24 heavy (non-hydrogen) atoms. The number of urea groups is 1. The molecule has 0 radical (unpaired) electrons. The first-order chi connectivity index (χ1) is 11.6. The molecule has 2 heterocycles. The van der Waals surface area contributed by atoms with Crippen molar-refractivity contribution < 1.29 is 14.7 Å². The maximum absolute atomic E-state index is 12.3. The Morgan fingerprint density at radius 2 is 2.00 bits per heavy atom. The molecule has 0 unspecified atom stereocenters. The summed E-state index contributed by atoms with van der Waals surface area (Å²) >= 11 is 0. The molecule has 0 atom stereocenters. The molecule has 126 valence electrons. The Morgan fingerprint density at radius 3 is 2.67 bits per heavy atom. The molecular formula is C17H20N4O3. The minimum Gasteiger partial charge on any atom is -0.481 e. The minimum atomic E-state index is -0.774. The highest BCUT2D eigenvalue weighted by atomic mass is 16.4. The summed E-state index contributed by atoms with van der Waals surface area (Å²) in [6.07, 6.45) is 6.30. The van der Waals surface area contributed by atoms with Crippen LogP contribution in [0.5, 0.6) is 0 Å². The molecule has 7 heteroatoms. The summed E-state index contributed by atoms with van der Waals surface area (Å²) in [6.45, 7) is 1.37. The number of piperidine rings is 1. The number of aliphatic carboxylic acids is 1. The lowest BCUT2D eigenvalue weighted by Gasteiger charge is -2.30. The predicted octanol–water partition coefficient (Wildman–Crippen LogP) is 1.88. The molecule has 1 aliphatic heterocycles. The summed E-state index contributed by atoms with van der Waals surface area (Å²) in [7, 11) is 0. The maximum Gasteiger partial charge on any atom is 0.317 e. The topological polar surface area (TPSA) is 87.5 Å². The Labute approximate surface area is 139 Å². The first-order valence-electron chi connectivity index (χ1n) is 7.97. The fourth-order valence-corrected chi connectivity index (χ4v) is 2.93. The molecule has 1 aromatic heterocycles. The number of likely N-dealkylation sites (tertiary alicyclic amines) is 1. The molecule has 2 amide bonds. The number of carbonyl (C=O) groups excluding carboxylic acids is 1. The van der Waals surface area contributed by atoms with Gasteiger partial charge in [0.05, 0.1) is 17.9 Å². The lowest BCUT2D eigenvalue weighted by molar-refractivity contribution is -0.143. The summed E-state index contributed by atoms with van der Waals surface area (Å²) in [6, 6.07) is 7.66. The Bertz CT molecular complexity index is 706. The molecule has 1 saturated heterocycles. The van der Waals surface area contributed by atoms with Crippen LogP contribution >= 0.6 is 0 Å². The largest absolute Gasteiger partial charge is 0.481 e. The average Bonchev–Trinajstić information content (AvgIpc) is 3.14. The third-order valence-electron chi connectivity index (χ3n) is 4.34. The van der Waals surface area contributed by atoms with Crippen LogP contribution in [0.1, 0.15) is 18.4 Å². The van der Waals surface area contributed by atoms with Gasteiger partial charge in [0.1, 0.15) is 0 Å². The molecule has 2 N–H and O–H groups in total. The summed E-state index contributed by atoms with van der Waals surface area (Å²) in [5.41, 5.74) is 1.96. The van der Waals surface area contributed by atoms with Crippen LogP contribution in [0, 0.1) is 5.92 Å². The highest BCUT2D eigenvalue weighted by Crippen LogP contribution is 2.18. The van der Waals surface area contributed by atoms with Crippen LogP contribution in [0.25, 0.3) is 5.69 Å². The van der Waals surface area contributed by atoms with E-state index in [4.69, 9.17) is 5.11 Å². The first kappa shape index (κ1) is 16.0. The van der Waals surface area contributed by atoms with E-state index in [1.165, 1.54) is 0 Å². The van der Waals surface area contributed by atoms with Gasteiger partial charge >= 0.3 is 12.0 Å². The molecule has 0 saturated carbocycles. The molecule has 1 aliphatic rings. The highest BCUT2D eigenvalue weighted by Gasteiger charge is 2.26. The van der Waals surface area contributed by atoms with E-state index in [-0.39, 0.29) is 11.9 Å². The van der Waals surface area contributed by atoms with E-state index >= 15 is 0 Å². The van der Waals surface area contributed by atoms with Crippen molar-refractivity contribution >= 4 is 12.0 Å². The molecule has 0 aliphatic carbocycles. The number of carbonyl (C=O) groups is 2. The van der Waals surface area contributed by atoms with Crippen molar-refractivity contribution in [1.82, 2.24) is 19.8 Å². The van der Waals surface area contributed by atoms with Crippen LogP contribution in [0.3, 0.4) is 0 Å². The van der Waals surface area contributed by atoms with Gasteiger partial charge in [0.15, 0.2) is 0 Å². The van der Waals surface area contributed by atoms with Crippen LogP contribution in [0.4, 0.5) is 4.79 Å². The molecule has 0 spiro atoms. The van der Waals surface area contributed by atoms with Gasteiger partial charge in [-0.1, -0.05) is 18.2 Å². The standard InChI is InChI=1S/C17H20N4O3/c22-16(23)13-5-8-20(9-6-13)17(24)19-11-14-3-1-2-4-15(14)21-10-7-18-12-21/h1-4,7,10,12-13H,5-6,8-9,11H2,(H,19,24)(H,22,23). The third kappa shape index (κ3) is 3.56. The van der Waals surface area contributed by atoms with Gasteiger partial charge < -0.3 is 19.9 Å². The number of hydrogen-bond acceptors (Lipinski definition) is 3. The molecule has 7 nitrogen and oxygen atoms in total. The van der Waals surface area contributed by atoms with Crippen molar-refractivity contribution in [1.29, 1.82) is 0 Å². The van der Waals surface area contributed by atoms with Gasteiger partial charge in [-0.2, -0.15) is 0 Å². The Hall–Kier alpha value is -2.83. The van der Waals surface area contributed by atoms with Crippen molar-refractivity contribution in [3.63, 3.8) is 0 Å². The Kier molecular flexibility index (Phi) is 4.79. The first-order valence-corrected chi connectivity index (χ1v) is 7.97. The van der Waals surface area contributed by atoms with Crippen molar-refractivity contribution in [3.8, 4) is 5.69 Å². The predicted molar refractivity (Wildman–Crippen MR) is 87.7 cm³/mol. The number of imidazole rings is 1. The summed E-state index contributed by atoms with van der Waals surface area (Å²) < 4.78 is 1.90. The van der Waals surface area contributed by atoms with E-state index < -0.39 is 5.97 Å². The van der Waals surface area contributed by atoms with Crippen molar-refractivity contribution in [2.75, 3.05) is 13.1 Å². The molecular weight excluding hydrogens is 308 g/mol. The summed E-state index contributed by atoms with van der Waals surface area (Å²) in [4.78, 5) is 29.0. The van der Waals surface area contributed by atoms with Gasteiger partial charge in [-0.3, -0.25) is 4.79 Å². The number of hydrogen-bond donors (Lipinski definition) is 2.